The summed E-state index contributed by atoms with van der Waals surface area (Å²) in [6.07, 6.45) is 11.1. The van der Waals surface area contributed by atoms with Crippen LogP contribution < -0.4 is 10.2 Å². The molecule has 1 N–H and O–H groups in total. The second-order valence-corrected chi connectivity index (χ2v) is 9.91. The van der Waals surface area contributed by atoms with Gasteiger partial charge in [0.15, 0.2) is 17.0 Å². The predicted octanol–water partition coefficient (Wildman–Crippen LogP) is 3.85. The maximum Gasteiger partial charge on any atom is 0.224 e. The van der Waals surface area contributed by atoms with Gasteiger partial charge in [-0.2, -0.15) is 0 Å². The quantitative estimate of drug-likeness (QED) is 0.559. The molecule has 0 spiro atoms. The number of carbonyl (C=O) groups excluding carboxylic acids is 1. The minimum Gasteiger partial charge on any atom is -0.355 e. The number of hydrogen-bond donors (Lipinski definition) is 1. The fraction of sp³-hybridized carbons (Fsp3) is 0.520. The van der Waals surface area contributed by atoms with Gasteiger partial charge >= 0.3 is 0 Å². The lowest BCUT2D eigenvalue weighted by molar-refractivity contribution is -0.125. The van der Waals surface area contributed by atoms with Crippen LogP contribution in [0.15, 0.2) is 35.5 Å². The van der Waals surface area contributed by atoms with E-state index in [-0.39, 0.29) is 11.8 Å². The zero-order chi connectivity index (χ0) is 22.6. The van der Waals surface area contributed by atoms with Gasteiger partial charge in [-0.05, 0) is 56.1 Å². The first-order chi connectivity index (χ1) is 16.2. The van der Waals surface area contributed by atoms with Gasteiger partial charge < -0.3 is 14.8 Å². The number of aromatic nitrogens is 4. The Kier molecular flexibility index (Phi) is 6.80. The van der Waals surface area contributed by atoms with Crippen LogP contribution in [0.3, 0.4) is 0 Å². The summed E-state index contributed by atoms with van der Waals surface area (Å²) in [5, 5.41) is 3.16. The Hall–Kier alpha value is -2.61. The number of imidazole rings is 1. The number of thioether (sulfide) groups is 1. The molecule has 8 heteroatoms. The number of aryl methyl sites for hydroxylation is 2. The van der Waals surface area contributed by atoms with Gasteiger partial charge in [0.2, 0.25) is 5.91 Å². The maximum atomic E-state index is 12.9. The van der Waals surface area contributed by atoms with Gasteiger partial charge in [0.25, 0.3) is 0 Å². The number of nitrogens with zero attached hydrogens (tertiary/aromatic N) is 5. The largest absolute Gasteiger partial charge is 0.355 e. The van der Waals surface area contributed by atoms with Crippen molar-refractivity contribution >= 4 is 34.7 Å². The van der Waals surface area contributed by atoms with E-state index < -0.39 is 0 Å². The summed E-state index contributed by atoms with van der Waals surface area (Å²) in [7, 11) is 0. The third-order valence-corrected chi connectivity index (χ3v) is 7.58. The van der Waals surface area contributed by atoms with E-state index in [1.54, 1.807) is 18.1 Å². The van der Waals surface area contributed by atoms with Gasteiger partial charge in [-0.3, -0.25) is 4.79 Å². The highest BCUT2D eigenvalue weighted by atomic mass is 32.2. The van der Waals surface area contributed by atoms with Crippen molar-refractivity contribution in [3.05, 3.63) is 42.0 Å². The molecule has 0 saturated carbocycles. The number of carbonyl (C=O) groups is 1. The van der Waals surface area contributed by atoms with Gasteiger partial charge in [-0.25, -0.2) is 15.0 Å². The van der Waals surface area contributed by atoms with E-state index in [2.05, 4.69) is 55.3 Å². The lowest BCUT2D eigenvalue weighted by atomic mass is 9.97. The van der Waals surface area contributed by atoms with Crippen molar-refractivity contribution in [1.82, 2.24) is 24.8 Å². The molecule has 7 nitrogen and oxygen atoms in total. The van der Waals surface area contributed by atoms with E-state index in [1.165, 1.54) is 29.7 Å². The smallest absolute Gasteiger partial charge is 0.224 e. The van der Waals surface area contributed by atoms with Crippen molar-refractivity contribution in [1.29, 1.82) is 0 Å². The number of nitrogens with one attached hydrogen (secondary N) is 1. The van der Waals surface area contributed by atoms with Crippen LogP contribution in [0.1, 0.15) is 43.5 Å². The summed E-state index contributed by atoms with van der Waals surface area (Å²) < 4.78 is 2.27. The molecule has 1 amide bonds. The highest BCUT2D eigenvalue weighted by molar-refractivity contribution is 7.98. The summed E-state index contributed by atoms with van der Waals surface area (Å²) in [4.78, 5) is 30.6. The Morgan fingerprint density at radius 3 is 2.85 bits per heavy atom. The molecule has 1 fully saturated rings. The third kappa shape index (κ3) is 4.86. The standard InChI is InChI=1S/C25H32N6OS/c1-33-20-10-8-18(9-11-20)12-13-26-25(32)19-6-5-14-30(16-19)23-22-24(28-17-27-23)31-15-4-2-3-7-21(31)29-22/h8-11,17,19H,2-7,12-16H2,1H3,(H,26,32)/t19-/m1/s1. The maximum absolute atomic E-state index is 12.9. The molecule has 174 valence electrons. The van der Waals surface area contributed by atoms with Crippen molar-refractivity contribution in [2.75, 3.05) is 30.8 Å². The molecule has 33 heavy (non-hydrogen) atoms. The molecule has 0 bridgehead atoms. The Morgan fingerprint density at radius 1 is 1.12 bits per heavy atom. The summed E-state index contributed by atoms with van der Waals surface area (Å²) in [6.45, 7) is 3.23. The minimum atomic E-state index is -0.0249. The minimum absolute atomic E-state index is 0.0249. The van der Waals surface area contributed by atoms with Crippen LogP contribution in [-0.2, 0) is 24.2 Å². The van der Waals surface area contributed by atoms with E-state index in [4.69, 9.17) is 4.98 Å². The molecule has 0 unspecified atom stereocenters. The number of rotatable bonds is 6. The molecule has 0 aliphatic carbocycles. The van der Waals surface area contributed by atoms with Crippen LogP contribution in [-0.4, -0.2) is 51.3 Å². The summed E-state index contributed by atoms with van der Waals surface area (Å²) in [6, 6.07) is 8.57. The first-order valence-electron chi connectivity index (χ1n) is 12.1. The van der Waals surface area contributed by atoms with Gasteiger partial charge in [0, 0.05) is 37.5 Å². The molecule has 3 aromatic rings. The van der Waals surface area contributed by atoms with Crippen molar-refractivity contribution in [2.24, 2.45) is 5.92 Å². The van der Waals surface area contributed by atoms with Crippen LogP contribution in [0.25, 0.3) is 11.2 Å². The fourth-order valence-electron chi connectivity index (χ4n) is 5.01. The molecule has 2 aromatic heterocycles. The van der Waals surface area contributed by atoms with Crippen LogP contribution in [0.2, 0.25) is 0 Å². The highest BCUT2D eigenvalue weighted by Gasteiger charge is 2.28. The van der Waals surface area contributed by atoms with Crippen molar-refractivity contribution in [2.45, 2.75) is 56.4 Å². The zero-order valence-corrected chi connectivity index (χ0v) is 20.1. The van der Waals surface area contributed by atoms with E-state index in [9.17, 15) is 4.79 Å². The summed E-state index contributed by atoms with van der Waals surface area (Å²) in [5.74, 6) is 2.13. The number of fused-ring (bicyclic) bond motifs is 3. The molecule has 2 aliphatic rings. The average Bonchev–Trinajstić information content (AvgIpc) is 3.05. The van der Waals surface area contributed by atoms with E-state index in [0.717, 1.165) is 61.6 Å². The monoisotopic (exact) mass is 464 g/mol. The Labute approximate surface area is 199 Å². The van der Waals surface area contributed by atoms with Crippen LogP contribution in [0, 0.1) is 5.92 Å². The number of piperidine rings is 1. The topological polar surface area (TPSA) is 75.9 Å². The van der Waals surface area contributed by atoms with Crippen LogP contribution >= 0.6 is 11.8 Å². The van der Waals surface area contributed by atoms with Crippen LogP contribution in [0.4, 0.5) is 5.82 Å². The molecule has 2 aliphatic heterocycles. The van der Waals surface area contributed by atoms with Gasteiger partial charge in [0.05, 0.1) is 5.92 Å². The van der Waals surface area contributed by atoms with Crippen molar-refractivity contribution < 1.29 is 4.79 Å². The molecule has 0 radical (unpaired) electrons. The number of hydrogen-bond acceptors (Lipinski definition) is 6. The molecular formula is C25H32N6OS. The average molecular weight is 465 g/mol. The molecule has 4 heterocycles. The molecule has 1 atom stereocenters. The fourth-order valence-corrected chi connectivity index (χ4v) is 5.42. The lowest BCUT2D eigenvalue weighted by Gasteiger charge is -2.32. The van der Waals surface area contributed by atoms with E-state index in [1.807, 2.05) is 0 Å². The zero-order valence-electron chi connectivity index (χ0n) is 19.3. The van der Waals surface area contributed by atoms with Gasteiger partial charge in [0.1, 0.15) is 12.2 Å². The molecule has 1 aromatic carbocycles. The van der Waals surface area contributed by atoms with E-state index in [0.29, 0.717) is 13.1 Å². The predicted molar refractivity (Wildman–Crippen MR) is 133 cm³/mol. The first-order valence-corrected chi connectivity index (χ1v) is 13.3. The third-order valence-electron chi connectivity index (χ3n) is 6.84. The Morgan fingerprint density at radius 2 is 2.00 bits per heavy atom. The number of amides is 1. The molecular weight excluding hydrogens is 432 g/mol. The Balaban J connectivity index is 1.24. The summed E-state index contributed by atoms with van der Waals surface area (Å²) >= 11 is 1.74. The second kappa shape index (κ2) is 10.1. The number of benzene rings is 1. The summed E-state index contributed by atoms with van der Waals surface area (Å²) in [5.41, 5.74) is 3.08. The number of anilines is 1. The molecule has 5 rings (SSSR count). The van der Waals surface area contributed by atoms with Crippen LogP contribution in [0.5, 0.6) is 0 Å². The van der Waals surface area contributed by atoms with Gasteiger partial charge in [-0.15, -0.1) is 11.8 Å². The SMILES string of the molecule is CSc1ccc(CCNC(=O)[C@@H]2CCCN(c3ncnc4c3nc3n4CCCCC3)C2)cc1. The highest BCUT2D eigenvalue weighted by Crippen LogP contribution is 2.29. The molecule has 1 saturated heterocycles. The van der Waals surface area contributed by atoms with Gasteiger partial charge in [-0.1, -0.05) is 18.6 Å². The second-order valence-electron chi connectivity index (χ2n) is 9.03. The first kappa shape index (κ1) is 22.2. The Bertz CT molecular complexity index is 1110. The van der Waals surface area contributed by atoms with E-state index >= 15 is 0 Å². The normalized spacial score (nSPS) is 18.7. The van der Waals surface area contributed by atoms with Crippen molar-refractivity contribution in [3.8, 4) is 0 Å². The van der Waals surface area contributed by atoms with Crippen molar-refractivity contribution in [3.63, 3.8) is 0 Å². The lowest BCUT2D eigenvalue weighted by Crippen LogP contribution is -2.44.